The molecule has 0 aliphatic heterocycles. The number of anilines is 1. The van der Waals surface area contributed by atoms with E-state index in [1.165, 1.54) is 18.2 Å². The summed E-state index contributed by atoms with van der Waals surface area (Å²) in [4.78, 5) is 11.4. The standard InChI is InChI=1S/C17H12F3N7O/c1-9(12-4-2-3-7-21-12)24-26-16-23-15-14(25-27-16)11-8-10(28-17(18,19)20)5-6-13(11)22-15/h2-8H,1H3,(H2,22,23,26,27)/b24-9+. The van der Waals surface area contributed by atoms with Crippen molar-refractivity contribution in [1.82, 2.24) is 25.1 Å². The SMILES string of the molecule is C/C(=N\Nc1nnc2c(n1)[nH]c1ccc(OC(F)(F)F)cc12)c1ccccn1. The molecule has 0 saturated carbocycles. The second kappa shape index (κ2) is 6.76. The van der Waals surface area contributed by atoms with Crippen LogP contribution in [-0.4, -0.2) is 37.2 Å². The Kier molecular flexibility index (Phi) is 4.26. The molecule has 0 amide bonds. The maximum Gasteiger partial charge on any atom is 0.573 e. The summed E-state index contributed by atoms with van der Waals surface area (Å²) < 4.78 is 41.2. The normalized spacial score (nSPS) is 12.5. The first-order valence-electron chi connectivity index (χ1n) is 8.03. The van der Waals surface area contributed by atoms with Crippen LogP contribution in [0.1, 0.15) is 12.6 Å². The highest BCUT2D eigenvalue weighted by molar-refractivity contribution is 6.04. The van der Waals surface area contributed by atoms with Crippen LogP contribution in [0.2, 0.25) is 0 Å². The molecule has 0 aliphatic rings. The van der Waals surface area contributed by atoms with Crippen LogP contribution in [0.15, 0.2) is 47.7 Å². The fourth-order valence-corrected chi connectivity index (χ4v) is 2.56. The minimum Gasteiger partial charge on any atom is -0.406 e. The molecule has 0 atom stereocenters. The van der Waals surface area contributed by atoms with Crippen molar-refractivity contribution in [2.75, 3.05) is 5.43 Å². The molecule has 0 saturated heterocycles. The van der Waals surface area contributed by atoms with Gasteiger partial charge in [0.1, 0.15) is 11.3 Å². The number of H-pyrrole nitrogens is 1. The van der Waals surface area contributed by atoms with Gasteiger partial charge in [-0.15, -0.1) is 23.4 Å². The number of pyridine rings is 1. The molecule has 0 unspecified atom stereocenters. The summed E-state index contributed by atoms with van der Waals surface area (Å²) in [7, 11) is 0. The van der Waals surface area contributed by atoms with Gasteiger partial charge in [-0.25, -0.2) is 5.43 Å². The number of benzene rings is 1. The molecule has 2 N–H and O–H groups in total. The Morgan fingerprint density at radius 1 is 1.18 bits per heavy atom. The largest absolute Gasteiger partial charge is 0.573 e. The molecule has 3 aromatic heterocycles. The van der Waals surface area contributed by atoms with Gasteiger partial charge >= 0.3 is 6.36 Å². The van der Waals surface area contributed by atoms with E-state index in [9.17, 15) is 13.2 Å². The van der Waals surface area contributed by atoms with Gasteiger partial charge in [-0.05, 0) is 37.3 Å². The number of aromatic nitrogens is 5. The number of hydrogen-bond donors (Lipinski definition) is 2. The first-order valence-corrected chi connectivity index (χ1v) is 8.03. The maximum atomic E-state index is 12.4. The zero-order valence-corrected chi connectivity index (χ0v) is 14.3. The molecule has 0 radical (unpaired) electrons. The Labute approximate surface area is 155 Å². The Balaban J connectivity index is 1.63. The lowest BCUT2D eigenvalue weighted by Crippen LogP contribution is -2.16. The minimum atomic E-state index is -4.77. The summed E-state index contributed by atoms with van der Waals surface area (Å²) in [5, 5.41) is 12.5. The first-order chi connectivity index (χ1) is 13.4. The van der Waals surface area contributed by atoms with E-state index >= 15 is 0 Å². The third-order valence-corrected chi connectivity index (χ3v) is 3.78. The number of alkyl halides is 3. The third kappa shape index (κ3) is 3.68. The van der Waals surface area contributed by atoms with Crippen LogP contribution in [0.3, 0.4) is 0 Å². The lowest BCUT2D eigenvalue weighted by Gasteiger charge is -2.08. The van der Waals surface area contributed by atoms with Gasteiger partial charge in [0.15, 0.2) is 5.65 Å². The number of hydrogen-bond acceptors (Lipinski definition) is 7. The van der Waals surface area contributed by atoms with Crippen molar-refractivity contribution in [2.45, 2.75) is 13.3 Å². The fourth-order valence-electron chi connectivity index (χ4n) is 2.56. The molecule has 0 spiro atoms. The molecule has 0 fully saturated rings. The van der Waals surface area contributed by atoms with Crippen LogP contribution in [-0.2, 0) is 0 Å². The maximum absolute atomic E-state index is 12.4. The average Bonchev–Trinajstić information content (AvgIpc) is 3.02. The lowest BCUT2D eigenvalue weighted by atomic mass is 10.2. The highest BCUT2D eigenvalue weighted by Crippen LogP contribution is 2.29. The molecule has 28 heavy (non-hydrogen) atoms. The molecular weight excluding hydrogens is 375 g/mol. The second-order valence-corrected chi connectivity index (χ2v) is 5.74. The van der Waals surface area contributed by atoms with Crippen LogP contribution in [0.4, 0.5) is 19.1 Å². The molecule has 1 aromatic carbocycles. The number of nitrogens with zero attached hydrogens (tertiary/aromatic N) is 5. The van der Waals surface area contributed by atoms with Crippen LogP contribution < -0.4 is 10.2 Å². The molecule has 4 aromatic rings. The molecule has 3 heterocycles. The molecule has 0 bridgehead atoms. The van der Waals surface area contributed by atoms with Gasteiger partial charge < -0.3 is 9.72 Å². The summed E-state index contributed by atoms with van der Waals surface area (Å²) in [6.45, 7) is 1.77. The van der Waals surface area contributed by atoms with E-state index in [1.54, 1.807) is 25.3 Å². The van der Waals surface area contributed by atoms with Crippen molar-refractivity contribution in [3.63, 3.8) is 0 Å². The number of fused-ring (bicyclic) bond motifs is 3. The van der Waals surface area contributed by atoms with E-state index in [0.717, 1.165) is 0 Å². The monoisotopic (exact) mass is 387 g/mol. The van der Waals surface area contributed by atoms with Crippen LogP contribution in [0.5, 0.6) is 5.75 Å². The minimum absolute atomic E-state index is 0.126. The van der Waals surface area contributed by atoms with E-state index in [0.29, 0.717) is 33.5 Å². The quantitative estimate of drug-likeness (QED) is 0.410. The Hall–Kier alpha value is -3.76. The van der Waals surface area contributed by atoms with Crippen molar-refractivity contribution in [3.8, 4) is 5.75 Å². The number of rotatable bonds is 4. The molecule has 4 rings (SSSR count). The van der Waals surface area contributed by atoms with Gasteiger partial charge in [0.2, 0.25) is 0 Å². The van der Waals surface area contributed by atoms with E-state index in [4.69, 9.17) is 0 Å². The van der Waals surface area contributed by atoms with E-state index in [1.807, 2.05) is 6.07 Å². The molecule has 8 nitrogen and oxygen atoms in total. The fraction of sp³-hybridized carbons (Fsp3) is 0.118. The van der Waals surface area contributed by atoms with E-state index < -0.39 is 6.36 Å². The van der Waals surface area contributed by atoms with Crippen molar-refractivity contribution in [2.24, 2.45) is 5.10 Å². The summed E-state index contributed by atoms with van der Waals surface area (Å²) in [5.41, 5.74) is 5.22. The summed E-state index contributed by atoms with van der Waals surface area (Å²) >= 11 is 0. The topological polar surface area (TPSA) is 101 Å². The predicted octanol–water partition coefficient (Wildman–Crippen LogP) is 3.64. The molecule has 142 valence electrons. The zero-order chi connectivity index (χ0) is 19.7. The first kappa shape index (κ1) is 17.6. The van der Waals surface area contributed by atoms with E-state index in [2.05, 4.69) is 40.4 Å². The summed E-state index contributed by atoms with van der Waals surface area (Å²) in [6, 6.07) is 9.34. The predicted molar refractivity (Wildman–Crippen MR) is 95.9 cm³/mol. The number of hydrazone groups is 1. The third-order valence-electron chi connectivity index (χ3n) is 3.78. The van der Waals surface area contributed by atoms with Crippen LogP contribution in [0, 0.1) is 0 Å². The second-order valence-electron chi connectivity index (χ2n) is 5.74. The molecule has 11 heteroatoms. The number of nitrogens with one attached hydrogen (secondary N) is 2. The Morgan fingerprint density at radius 2 is 2.04 bits per heavy atom. The molecule has 0 aliphatic carbocycles. The summed E-state index contributed by atoms with van der Waals surface area (Å²) in [5.74, 6) is -0.221. The van der Waals surface area contributed by atoms with E-state index in [-0.39, 0.29) is 11.7 Å². The van der Waals surface area contributed by atoms with Crippen molar-refractivity contribution in [3.05, 3.63) is 48.3 Å². The van der Waals surface area contributed by atoms with Crippen molar-refractivity contribution < 1.29 is 17.9 Å². The number of halogens is 3. The highest BCUT2D eigenvalue weighted by Gasteiger charge is 2.31. The summed E-state index contributed by atoms with van der Waals surface area (Å²) in [6.07, 6.45) is -3.12. The average molecular weight is 387 g/mol. The number of ether oxygens (including phenoxy) is 1. The van der Waals surface area contributed by atoms with Gasteiger partial charge in [0, 0.05) is 17.1 Å². The zero-order valence-electron chi connectivity index (χ0n) is 14.3. The lowest BCUT2D eigenvalue weighted by molar-refractivity contribution is -0.274. The van der Waals surface area contributed by atoms with Gasteiger partial charge in [-0.1, -0.05) is 6.07 Å². The van der Waals surface area contributed by atoms with Crippen molar-refractivity contribution in [1.29, 1.82) is 0 Å². The van der Waals surface area contributed by atoms with Crippen LogP contribution in [0.25, 0.3) is 22.1 Å². The van der Waals surface area contributed by atoms with Gasteiger partial charge in [-0.3, -0.25) is 4.98 Å². The van der Waals surface area contributed by atoms with Gasteiger partial charge in [0.05, 0.1) is 11.4 Å². The van der Waals surface area contributed by atoms with Crippen LogP contribution >= 0.6 is 0 Å². The Morgan fingerprint density at radius 3 is 2.79 bits per heavy atom. The smallest absolute Gasteiger partial charge is 0.406 e. The number of aromatic amines is 1. The Bertz CT molecular complexity index is 1170. The van der Waals surface area contributed by atoms with Gasteiger partial charge in [0.25, 0.3) is 5.95 Å². The van der Waals surface area contributed by atoms with Crippen molar-refractivity contribution >= 4 is 33.7 Å². The highest BCUT2D eigenvalue weighted by atomic mass is 19.4. The van der Waals surface area contributed by atoms with Gasteiger partial charge in [-0.2, -0.15) is 10.1 Å². The molecular formula is C17H12F3N7O.